The quantitative estimate of drug-likeness (QED) is 0.131. The number of aliphatic hydroxyl groups excluding tert-OH is 2. The van der Waals surface area contributed by atoms with E-state index in [1.165, 1.54) is 31.2 Å². The van der Waals surface area contributed by atoms with Gasteiger partial charge in [-0.05, 0) is 24.6 Å². The Balaban J connectivity index is 2.62. The van der Waals surface area contributed by atoms with Crippen molar-refractivity contribution >= 4 is 29.6 Å². The molecule has 4 amide bonds. The van der Waals surface area contributed by atoms with Crippen LogP contribution < -0.4 is 27.0 Å². The first kappa shape index (κ1) is 28.3. The summed E-state index contributed by atoms with van der Waals surface area (Å²) in [4.78, 5) is 59.5. The molecule has 14 heteroatoms. The number of phenols is 1. The fourth-order valence-electron chi connectivity index (χ4n) is 2.57. The van der Waals surface area contributed by atoms with Crippen LogP contribution in [-0.2, 0) is 30.4 Å². The first-order valence-electron chi connectivity index (χ1n) is 10.1. The Bertz CT molecular complexity index is 876. The Morgan fingerprint density at radius 3 is 1.88 bits per heavy atom. The van der Waals surface area contributed by atoms with Gasteiger partial charge in [0.1, 0.15) is 23.9 Å². The molecule has 10 N–H and O–H groups in total. The smallest absolute Gasteiger partial charge is 0.326 e. The molecule has 34 heavy (non-hydrogen) atoms. The first-order valence-corrected chi connectivity index (χ1v) is 10.1. The van der Waals surface area contributed by atoms with Crippen molar-refractivity contribution in [3.05, 3.63) is 29.8 Å². The second-order valence-electron chi connectivity index (χ2n) is 7.32. The predicted molar refractivity (Wildman–Crippen MR) is 116 cm³/mol. The molecule has 0 heterocycles. The maximum atomic E-state index is 12.2. The molecule has 1 rings (SSSR count). The molecule has 0 saturated heterocycles. The number of benzene rings is 1. The van der Waals surface area contributed by atoms with Crippen LogP contribution in [0.1, 0.15) is 12.5 Å². The molecular weight excluding hydrogens is 454 g/mol. The van der Waals surface area contributed by atoms with Crippen LogP contribution in [0.15, 0.2) is 24.3 Å². The zero-order valence-electron chi connectivity index (χ0n) is 18.4. The van der Waals surface area contributed by atoms with Gasteiger partial charge in [-0.2, -0.15) is 0 Å². The number of aliphatic carboxylic acids is 1. The summed E-state index contributed by atoms with van der Waals surface area (Å²) in [6.45, 7) is -0.965. The van der Waals surface area contributed by atoms with Crippen molar-refractivity contribution < 1.29 is 44.4 Å². The van der Waals surface area contributed by atoms with E-state index in [2.05, 4.69) is 21.3 Å². The van der Waals surface area contributed by atoms with Crippen LogP contribution in [0.3, 0.4) is 0 Å². The number of carbonyl (C=O) groups excluding carboxylic acids is 4. The van der Waals surface area contributed by atoms with Crippen LogP contribution in [0, 0.1) is 0 Å². The van der Waals surface area contributed by atoms with Crippen molar-refractivity contribution in [2.45, 2.75) is 37.5 Å². The zero-order valence-corrected chi connectivity index (χ0v) is 18.4. The van der Waals surface area contributed by atoms with Gasteiger partial charge in [-0.1, -0.05) is 12.1 Å². The highest BCUT2D eigenvalue weighted by Crippen LogP contribution is 2.11. The van der Waals surface area contributed by atoms with Gasteiger partial charge in [-0.25, -0.2) is 4.79 Å². The number of phenolic OH excluding ortho intramolecular Hbond substituents is 1. The van der Waals surface area contributed by atoms with E-state index in [9.17, 15) is 44.4 Å². The number of hydrogen-bond acceptors (Lipinski definition) is 9. The zero-order chi connectivity index (χ0) is 25.8. The molecule has 0 saturated carbocycles. The van der Waals surface area contributed by atoms with Gasteiger partial charge < -0.3 is 47.4 Å². The van der Waals surface area contributed by atoms with Crippen molar-refractivity contribution in [2.24, 2.45) is 5.73 Å². The third-order valence-corrected chi connectivity index (χ3v) is 4.48. The summed E-state index contributed by atoms with van der Waals surface area (Å²) in [7, 11) is 0. The number of carboxylic acid groups (broad SMARTS) is 1. The number of carboxylic acids is 1. The van der Waals surface area contributed by atoms with Crippen molar-refractivity contribution in [3.63, 3.8) is 0 Å². The van der Waals surface area contributed by atoms with Crippen LogP contribution in [0.4, 0.5) is 0 Å². The third-order valence-electron chi connectivity index (χ3n) is 4.48. The van der Waals surface area contributed by atoms with Crippen molar-refractivity contribution in [1.29, 1.82) is 0 Å². The van der Waals surface area contributed by atoms with Gasteiger partial charge in [0.05, 0.1) is 25.8 Å². The van der Waals surface area contributed by atoms with Gasteiger partial charge in [-0.15, -0.1) is 0 Å². The van der Waals surface area contributed by atoms with E-state index in [4.69, 9.17) is 5.73 Å². The van der Waals surface area contributed by atoms with Crippen molar-refractivity contribution in [3.8, 4) is 5.75 Å². The summed E-state index contributed by atoms with van der Waals surface area (Å²) in [6.07, 6.45) is -0.0830. The second kappa shape index (κ2) is 13.7. The Morgan fingerprint density at radius 2 is 1.38 bits per heavy atom. The summed E-state index contributed by atoms with van der Waals surface area (Å²) in [5, 5.41) is 46.0. The van der Waals surface area contributed by atoms with E-state index < -0.39 is 73.5 Å². The summed E-state index contributed by atoms with van der Waals surface area (Å²) < 4.78 is 0. The van der Waals surface area contributed by atoms with Crippen LogP contribution in [-0.4, -0.2) is 94.0 Å². The predicted octanol–water partition coefficient (Wildman–Crippen LogP) is -4.08. The average molecular weight is 483 g/mol. The lowest BCUT2D eigenvalue weighted by Crippen LogP contribution is -2.58. The highest BCUT2D eigenvalue weighted by Gasteiger charge is 2.27. The standard InChI is InChI=1S/C20H29N5O9/c1-10(21)17(30)24-15(9-27)19(32)25-14(8-26)18(31)22-7-16(29)23-13(20(33)34)6-11-2-4-12(28)5-3-11/h2-5,10,13-15,26-28H,6-9,21H2,1H3,(H,22,31)(H,23,29)(H,24,30)(H,25,32)(H,33,34)/t10-,13-,14-,15-/m0/s1. The minimum atomic E-state index is -1.52. The van der Waals surface area contributed by atoms with Gasteiger partial charge in [0.25, 0.3) is 0 Å². The molecule has 1 aromatic rings. The van der Waals surface area contributed by atoms with Gasteiger partial charge in [0, 0.05) is 6.42 Å². The van der Waals surface area contributed by atoms with E-state index in [0.29, 0.717) is 5.56 Å². The minimum Gasteiger partial charge on any atom is -0.508 e. The third kappa shape index (κ3) is 9.40. The molecule has 0 radical (unpaired) electrons. The summed E-state index contributed by atoms with van der Waals surface area (Å²) >= 11 is 0. The number of aromatic hydroxyl groups is 1. The second-order valence-corrected chi connectivity index (χ2v) is 7.32. The molecule has 0 bridgehead atoms. The Kier molecular flexibility index (Phi) is 11.4. The highest BCUT2D eigenvalue weighted by atomic mass is 16.4. The van der Waals surface area contributed by atoms with Gasteiger partial charge in [-0.3, -0.25) is 19.2 Å². The highest BCUT2D eigenvalue weighted by molar-refractivity contribution is 5.94. The number of aliphatic hydroxyl groups is 2. The number of carbonyl (C=O) groups is 5. The van der Waals surface area contributed by atoms with Gasteiger partial charge in [0.2, 0.25) is 23.6 Å². The lowest BCUT2D eigenvalue weighted by molar-refractivity contribution is -0.141. The summed E-state index contributed by atoms with van der Waals surface area (Å²) in [5.41, 5.74) is 5.90. The van der Waals surface area contributed by atoms with E-state index in [-0.39, 0.29) is 12.2 Å². The Labute approximate surface area is 194 Å². The molecule has 14 nitrogen and oxygen atoms in total. The fraction of sp³-hybridized carbons (Fsp3) is 0.450. The maximum Gasteiger partial charge on any atom is 0.326 e. The number of nitrogens with one attached hydrogen (secondary N) is 4. The van der Waals surface area contributed by atoms with Gasteiger partial charge >= 0.3 is 5.97 Å². The van der Waals surface area contributed by atoms with E-state index in [1.807, 2.05) is 0 Å². The van der Waals surface area contributed by atoms with Crippen LogP contribution >= 0.6 is 0 Å². The van der Waals surface area contributed by atoms with Crippen LogP contribution in [0.2, 0.25) is 0 Å². The minimum absolute atomic E-state index is 0.00506. The summed E-state index contributed by atoms with van der Waals surface area (Å²) in [6, 6.07) is 0.482. The lowest BCUT2D eigenvalue weighted by atomic mass is 10.1. The molecule has 188 valence electrons. The molecule has 0 aromatic heterocycles. The number of amides is 4. The Morgan fingerprint density at radius 1 is 0.853 bits per heavy atom. The average Bonchev–Trinajstić information content (AvgIpc) is 2.79. The molecule has 0 fully saturated rings. The van der Waals surface area contributed by atoms with E-state index in [0.717, 1.165) is 0 Å². The molecule has 1 aromatic carbocycles. The van der Waals surface area contributed by atoms with E-state index in [1.54, 1.807) is 0 Å². The lowest BCUT2D eigenvalue weighted by Gasteiger charge is -2.21. The summed E-state index contributed by atoms with van der Waals surface area (Å²) in [5.74, 6) is -4.84. The molecule has 4 atom stereocenters. The number of hydrogen-bond donors (Lipinski definition) is 9. The molecule has 0 spiro atoms. The number of rotatable bonds is 13. The molecular formula is C20H29N5O9. The maximum absolute atomic E-state index is 12.2. The van der Waals surface area contributed by atoms with Gasteiger partial charge in [0.15, 0.2) is 0 Å². The molecule has 0 unspecified atom stereocenters. The van der Waals surface area contributed by atoms with E-state index >= 15 is 0 Å². The Hall–Kier alpha value is -3.75. The largest absolute Gasteiger partial charge is 0.508 e. The number of nitrogens with two attached hydrogens (primary N) is 1. The van der Waals surface area contributed by atoms with Crippen LogP contribution in [0.5, 0.6) is 5.75 Å². The van der Waals surface area contributed by atoms with Crippen molar-refractivity contribution in [2.75, 3.05) is 19.8 Å². The topological polar surface area (TPSA) is 240 Å². The fourth-order valence-corrected chi connectivity index (χ4v) is 2.57. The molecule has 0 aliphatic heterocycles. The van der Waals surface area contributed by atoms with Crippen LogP contribution in [0.25, 0.3) is 0 Å². The molecule has 0 aliphatic rings. The monoisotopic (exact) mass is 483 g/mol. The normalized spacial score (nSPS) is 14.1. The SMILES string of the molecule is C[C@H](N)C(=O)N[C@@H](CO)C(=O)N[C@@H](CO)C(=O)NCC(=O)N[C@@H](Cc1ccc(O)cc1)C(=O)O. The molecule has 0 aliphatic carbocycles. The first-order chi connectivity index (χ1) is 16.0. The van der Waals surface area contributed by atoms with Crippen molar-refractivity contribution in [1.82, 2.24) is 21.3 Å².